The van der Waals surface area contributed by atoms with E-state index >= 15 is 0 Å². The van der Waals surface area contributed by atoms with Gasteiger partial charge in [0.15, 0.2) is 0 Å². The van der Waals surface area contributed by atoms with Gasteiger partial charge in [-0.2, -0.15) is 5.26 Å². The lowest BCUT2D eigenvalue weighted by Crippen LogP contribution is -2.19. The third-order valence-electron chi connectivity index (χ3n) is 3.92. The minimum atomic E-state index is -0.442. The number of nitrogens with one attached hydrogen (secondary N) is 1. The molecular weight excluding hydrogens is 356 g/mol. The number of hydrogen-bond donors (Lipinski definition) is 1. The van der Waals surface area contributed by atoms with E-state index < -0.39 is 5.25 Å². The average Bonchev–Trinajstić information content (AvgIpc) is 2.73. The number of amides is 1. The second-order valence-corrected chi connectivity index (χ2v) is 6.94. The molecule has 4 nitrogen and oxygen atoms in total. The first kappa shape index (κ1) is 18.6. The molecule has 3 aromatic carbocycles. The van der Waals surface area contributed by atoms with Gasteiger partial charge in [0.05, 0.1) is 18.7 Å². The minimum absolute atomic E-state index is 0.126. The molecule has 0 aromatic heterocycles. The number of hydrogen-bond acceptors (Lipinski definition) is 4. The zero-order valence-corrected chi connectivity index (χ0v) is 15.6. The van der Waals surface area contributed by atoms with Crippen LogP contribution >= 0.6 is 11.8 Å². The zero-order valence-electron chi connectivity index (χ0n) is 14.8. The Morgan fingerprint density at radius 3 is 2.44 bits per heavy atom. The Morgan fingerprint density at radius 1 is 1.04 bits per heavy atom. The summed E-state index contributed by atoms with van der Waals surface area (Å²) in [6.45, 7) is 0. The Balaban J connectivity index is 1.84. The number of carbonyl (C=O) groups is 1. The molecule has 0 bridgehead atoms. The van der Waals surface area contributed by atoms with Crippen LogP contribution in [0.4, 0.5) is 5.69 Å². The number of anilines is 1. The lowest BCUT2D eigenvalue weighted by molar-refractivity contribution is -0.115. The summed E-state index contributed by atoms with van der Waals surface area (Å²) in [6, 6.07) is 26.2. The average molecular weight is 374 g/mol. The summed E-state index contributed by atoms with van der Waals surface area (Å²) in [5, 5.41) is 11.6. The van der Waals surface area contributed by atoms with E-state index in [0.29, 0.717) is 11.3 Å². The van der Waals surface area contributed by atoms with Crippen LogP contribution < -0.4 is 10.1 Å². The SMILES string of the molecule is COc1ccc(NC(=O)[C@H](Sc2cccc(C#N)c2)c2ccccc2)cc1. The van der Waals surface area contributed by atoms with Gasteiger partial charge in [-0.05, 0) is 48.0 Å². The van der Waals surface area contributed by atoms with E-state index in [1.165, 1.54) is 11.8 Å². The zero-order chi connectivity index (χ0) is 19.1. The van der Waals surface area contributed by atoms with Crippen LogP contribution in [-0.4, -0.2) is 13.0 Å². The molecule has 3 aromatic rings. The molecule has 0 unspecified atom stereocenters. The van der Waals surface area contributed by atoms with Crippen LogP contribution in [0, 0.1) is 11.3 Å². The Morgan fingerprint density at radius 2 is 1.78 bits per heavy atom. The van der Waals surface area contributed by atoms with E-state index in [2.05, 4.69) is 11.4 Å². The van der Waals surface area contributed by atoms with E-state index in [-0.39, 0.29) is 5.91 Å². The first-order valence-electron chi connectivity index (χ1n) is 8.36. The van der Waals surface area contributed by atoms with E-state index in [0.717, 1.165) is 16.2 Å². The third-order valence-corrected chi connectivity index (χ3v) is 5.16. The predicted molar refractivity (Wildman–Crippen MR) is 108 cm³/mol. The predicted octanol–water partition coefficient (Wildman–Crippen LogP) is 5.04. The van der Waals surface area contributed by atoms with Crippen LogP contribution in [0.3, 0.4) is 0 Å². The van der Waals surface area contributed by atoms with Gasteiger partial charge in [0.25, 0.3) is 0 Å². The maximum Gasteiger partial charge on any atom is 0.242 e. The van der Waals surface area contributed by atoms with Gasteiger partial charge < -0.3 is 10.1 Å². The van der Waals surface area contributed by atoms with Crippen molar-refractivity contribution in [2.24, 2.45) is 0 Å². The summed E-state index contributed by atoms with van der Waals surface area (Å²) in [4.78, 5) is 13.9. The first-order chi connectivity index (χ1) is 13.2. The van der Waals surface area contributed by atoms with Crippen molar-refractivity contribution in [2.45, 2.75) is 10.1 Å². The van der Waals surface area contributed by atoms with Crippen LogP contribution in [0.5, 0.6) is 5.75 Å². The molecule has 0 spiro atoms. The minimum Gasteiger partial charge on any atom is -0.497 e. The van der Waals surface area contributed by atoms with E-state index in [1.54, 1.807) is 43.5 Å². The summed E-state index contributed by atoms with van der Waals surface area (Å²) in [6.07, 6.45) is 0. The van der Waals surface area contributed by atoms with Gasteiger partial charge in [0.2, 0.25) is 5.91 Å². The molecule has 0 heterocycles. The van der Waals surface area contributed by atoms with Gasteiger partial charge in [0, 0.05) is 10.6 Å². The van der Waals surface area contributed by atoms with Crippen LogP contribution in [-0.2, 0) is 4.79 Å². The van der Waals surface area contributed by atoms with Crippen molar-refractivity contribution >= 4 is 23.4 Å². The Labute approximate surface area is 162 Å². The highest BCUT2D eigenvalue weighted by Crippen LogP contribution is 2.36. The Hall–Kier alpha value is -3.23. The van der Waals surface area contributed by atoms with Gasteiger partial charge in [-0.1, -0.05) is 36.4 Å². The molecule has 0 aliphatic heterocycles. The summed E-state index contributed by atoms with van der Waals surface area (Å²) < 4.78 is 5.15. The molecule has 0 aliphatic carbocycles. The second kappa shape index (κ2) is 8.93. The number of thioether (sulfide) groups is 1. The molecule has 0 aliphatic rings. The molecule has 0 radical (unpaired) electrons. The van der Waals surface area contributed by atoms with Crippen molar-refractivity contribution in [2.75, 3.05) is 12.4 Å². The number of rotatable bonds is 6. The van der Waals surface area contributed by atoms with Crippen LogP contribution in [0.15, 0.2) is 83.8 Å². The van der Waals surface area contributed by atoms with E-state index in [1.807, 2.05) is 42.5 Å². The molecule has 1 atom stereocenters. The first-order valence-corrected chi connectivity index (χ1v) is 9.24. The molecule has 5 heteroatoms. The standard InChI is InChI=1S/C22H18N2O2S/c1-26-19-12-10-18(11-13-19)24-22(25)21(17-7-3-2-4-8-17)27-20-9-5-6-16(14-20)15-23/h2-14,21H,1H3,(H,24,25)/t21-/m1/s1. The van der Waals surface area contributed by atoms with Crippen molar-refractivity contribution < 1.29 is 9.53 Å². The van der Waals surface area contributed by atoms with Gasteiger partial charge in [-0.3, -0.25) is 4.79 Å². The fourth-order valence-corrected chi connectivity index (χ4v) is 3.64. The number of nitrogens with zero attached hydrogens (tertiary/aromatic N) is 1. The largest absolute Gasteiger partial charge is 0.497 e. The molecule has 3 rings (SSSR count). The third kappa shape index (κ3) is 4.90. The molecule has 27 heavy (non-hydrogen) atoms. The highest BCUT2D eigenvalue weighted by molar-refractivity contribution is 8.00. The maximum atomic E-state index is 13.0. The topological polar surface area (TPSA) is 62.1 Å². The van der Waals surface area contributed by atoms with Crippen molar-refractivity contribution in [3.8, 4) is 11.8 Å². The maximum absolute atomic E-state index is 13.0. The number of carbonyl (C=O) groups excluding carboxylic acids is 1. The smallest absolute Gasteiger partial charge is 0.242 e. The fourth-order valence-electron chi connectivity index (χ4n) is 2.56. The van der Waals surface area contributed by atoms with Gasteiger partial charge >= 0.3 is 0 Å². The van der Waals surface area contributed by atoms with Crippen molar-refractivity contribution in [3.05, 3.63) is 90.0 Å². The van der Waals surface area contributed by atoms with Crippen molar-refractivity contribution in [1.82, 2.24) is 0 Å². The van der Waals surface area contributed by atoms with Crippen LogP contribution in [0.2, 0.25) is 0 Å². The monoisotopic (exact) mass is 374 g/mol. The molecule has 0 fully saturated rings. The van der Waals surface area contributed by atoms with Crippen LogP contribution in [0.25, 0.3) is 0 Å². The molecule has 1 amide bonds. The van der Waals surface area contributed by atoms with Crippen molar-refractivity contribution in [1.29, 1.82) is 5.26 Å². The second-order valence-electron chi connectivity index (χ2n) is 5.77. The van der Waals surface area contributed by atoms with Crippen LogP contribution in [0.1, 0.15) is 16.4 Å². The number of methoxy groups -OCH3 is 1. The highest BCUT2D eigenvalue weighted by atomic mass is 32.2. The fraction of sp³-hybridized carbons (Fsp3) is 0.0909. The lowest BCUT2D eigenvalue weighted by atomic mass is 10.1. The summed E-state index contributed by atoms with van der Waals surface area (Å²) in [7, 11) is 1.60. The quantitative estimate of drug-likeness (QED) is 0.614. The summed E-state index contributed by atoms with van der Waals surface area (Å²) in [5.41, 5.74) is 2.17. The molecule has 134 valence electrons. The normalized spacial score (nSPS) is 11.3. The number of nitriles is 1. The molecule has 0 saturated carbocycles. The van der Waals surface area contributed by atoms with Gasteiger partial charge in [-0.25, -0.2) is 0 Å². The van der Waals surface area contributed by atoms with Gasteiger partial charge in [0.1, 0.15) is 11.0 Å². The van der Waals surface area contributed by atoms with E-state index in [4.69, 9.17) is 10.00 Å². The van der Waals surface area contributed by atoms with Gasteiger partial charge in [-0.15, -0.1) is 11.8 Å². The van der Waals surface area contributed by atoms with E-state index in [9.17, 15) is 4.79 Å². The molecular formula is C22H18N2O2S. The summed E-state index contributed by atoms with van der Waals surface area (Å²) in [5.74, 6) is 0.606. The molecule has 1 N–H and O–H groups in total. The van der Waals surface area contributed by atoms with Crippen molar-refractivity contribution in [3.63, 3.8) is 0 Å². The highest BCUT2D eigenvalue weighted by Gasteiger charge is 2.22. The Kier molecular flexibility index (Phi) is 6.14. The number of benzene rings is 3. The number of ether oxygens (including phenoxy) is 1. The Bertz CT molecular complexity index is 950. The summed E-state index contributed by atoms with van der Waals surface area (Å²) >= 11 is 1.42. The molecule has 0 saturated heterocycles. The lowest BCUT2D eigenvalue weighted by Gasteiger charge is -2.17.